The van der Waals surface area contributed by atoms with Gasteiger partial charge >= 0.3 is 6.18 Å². The van der Waals surface area contributed by atoms with Gasteiger partial charge in [0.05, 0.1) is 73.7 Å². The Bertz CT molecular complexity index is 2820. The molecule has 52 heavy (non-hydrogen) atoms. The first-order valence-electron chi connectivity index (χ1n) is 16.5. The molecule has 246 valence electrons. The summed E-state index contributed by atoms with van der Waals surface area (Å²) in [5.41, 5.74) is 5.73. The van der Waals surface area contributed by atoms with Crippen molar-refractivity contribution in [2.75, 3.05) is 0 Å². The molecule has 8 heteroatoms. The van der Waals surface area contributed by atoms with Gasteiger partial charge in [-0.15, -0.1) is 0 Å². The molecule has 3 aromatic heterocycles. The minimum atomic E-state index is -4.71. The average Bonchev–Trinajstić information content (AvgIpc) is 3.69. The van der Waals surface area contributed by atoms with Crippen molar-refractivity contribution in [1.82, 2.24) is 14.1 Å². The molecule has 9 aromatic rings. The van der Waals surface area contributed by atoms with Crippen molar-refractivity contribution in [2.45, 2.75) is 6.18 Å². The highest BCUT2D eigenvalue weighted by Crippen LogP contribution is 2.45. The van der Waals surface area contributed by atoms with Crippen molar-refractivity contribution >= 4 is 43.6 Å². The number of halogens is 3. The molecule has 0 fully saturated rings. The molecular formula is C44H24F3N5. The number of benzene rings is 6. The van der Waals surface area contributed by atoms with Gasteiger partial charge in [0, 0.05) is 32.7 Å². The number of nitrogens with zero attached hydrogens (tertiary/aromatic N) is 5. The van der Waals surface area contributed by atoms with Crippen LogP contribution in [-0.4, -0.2) is 14.1 Å². The summed E-state index contributed by atoms with van der Waals surface area (Å²) in [4.78, 5) is 5.13. The molecule has 0 unspecified atom stereocenters. The summed E-state index contributed by atoms with van der Waals surface area (Å²) >= 11 is 0. The summed E-state index contributed by atoms with van der Waals surface area (Å²) in [5.74, 6) is 0. The molecule has 3 heterocycles. The molecular weight excluding hydrogens is 656 g/mol. The van der Waals surface area contributed by atoms with Gasteiger partial charge in [-0.2, -0.15) is 23.7 Å². The van der Waals surface area contributed by atoms with Crippen LogP contribution in [0.15, 0.2) is 146 Å². The van der Waals surface area contributed by atoms with Crippen LogP contribution >= 0.6 is 0 Å². The fourth-order valence-corrected chi connectivity index (χ4v) is 7.34. The number of pyridine rings is 1. The smallest absolute Gasteiger partial charge is 0.308 e. The van der Waals surface area contributed by atoms with E-state index in [1.165, 1.54) is 12.1 Å². The minimum absolute atomic E-state index is 0.276. The third-order valence-electron chi connectivity index (χ3n) is 9.58. The van der Waals surface area contributed by atoms with E-state index < -0.39 is 11.7 Å². The van der Waals surface area contributed by atoms with E-state index in [0.29, 0.717) is 50.1 Å². The minimum Gasteiger partial charge on any atom is -0.308 e. The van der Waals surface area contributed by atoms with Crippen molar-refractivity contribution in [3.8, 4) is 46.0 Å². The van der Waals surface area contributed by atoms with E-state index in [1.807, 2.05) is 106 Å². The Morgan fingerprint density at radius 3 is 1.48 bits per heavy atom. The maximum atomic E-state index is 15.2. The number of hydrogen-bond donors (Lipinski definition) is 0. The lowest BCUT2D eigenvalue weighted by Gasteiger charge is -2.22. The highest BCUT2D eigenvalue weighted by molar-refractivity contribution is 6.12. The fraction of sp³-hybridized carbons (Fsp3) is 0.0227. The third-order valence-corrected chi connectivity index (χ3v) is 9.58. The molecule has 0 aliphatic heterocycles. The second kappa shape index (κ2) is 11.7. The summed E-state index contributed by atoms with van der Waals surface area (Å²) in [6.45, 7) is 0. The number of hydrogen-bond acceptors (Lipinski definition) is 3. The van der Waals surface area contributed by atoms with E-state index >= 15 is 13.2 Å². The van der Waals surface area contributed by atoms with Crippen LogP contribution in [0.3, 0.4) is 0 Å². The summed E-state index contributed by atoms with van der Waals surface area (Å²) in [7, 11) is 0. The molecule has 0 spiro atoms. The van der Waals surface area contributed by atoms with Gasteiger partial charge in [0.25, 0.3) is 0 Å². The molecule has 0 N–H and O–H groups in total. The summed E-state index contributed by atoms with van der Waals surface area (Å²) in [5, 5.41) is 22.6. The first-order valence-corrected chi connectivity index (χ1v) is 16.5. The van der Waals surface area contributed by atoms with Crippen molar-refractivity contribution in [3.63, 3.8) is 0 Å². The predicted octanol–water partition coefficient (Wildman–Crippen LogP) is 11.4. The molecule has 5 nitrogen and oxygen atoms in total. The van der Waals surface area contributed by atoms with Gasteiger partial charge in [-0.05, 0) is 72.8 Å². The quantitative estimate of drug-likeness (QED) is 0.186. The molecule has 0 saturated heterocycles. The first-order chi connectivity index (χ1) is 25.3. The Labute approximate surface area is 295 Å². The van der Waals surface area contributed by atoms with Crippen LogP contribution in [0.4, 0.5) is 13.2 Å². The molecule has 0 aliphatic rings. The second-order valence-corrected chi connectivity index (χ2v) is 12.6. The molecule has 6 aromatic carbocycles. The van der Waals surface area contributed by atoms with Crippen LogP contribution in [0, 0.1) is 22.7 Å². The fourth-order valence-electron chi connectivity index (χ4n) is 7.34. The van der Waals surface area contributed by atoms with Crippen LogP contribution in [0.1, 0.15) is 16.7 Å². The largest absolute Gasteiger partial charge is 0.416 e. The molecule has 0 atom stereocenters. The standard InChI is InChI=1S/C44H24F3N5/c45-44(46,47)30-23-41(51-37-15-6-4-11-31(37)33-21-27(25-48)17-19-39(33)51)43(36-14-8-13-35(50-36)29-9-2-1-3-10-29)42(24-30)52-38-16-7-5-12-32(38)34-22-28(26-49)18-20-40(34)52/h1-24H. The predicted molar refractivity (Wildman–Crippen MR) is 198 cm³/mol. The molecule has 0 radical (unpaired) electrons. The Morgan fingerprint density at radius 2 is 0.962 bits per heavy atom. The number of fused-ring (bicyclic) bond motifs is 6. The Hall–Kier alpha value is -7.16. The zero-order valence-electron chi connectivity index (χ0n) is 27.2. The third kappa shape index (κ3) is 4.81. The van der Waals surface area contributed by atoms with Gasteiger partial charge in [0.15, 0.2) is 0 Å². The zero-order chi connectivity index (χ0) is 35.6. The molecule has 0 aliphatic carbocycles. The Kier molecular flexibility index (Phi) is 6.96. The van der Waals surface area contributed by atoms with E-state index in [4.69, 9.17) is 4.98 Å². The Balaban J connectivity index is 1.50. The van der Waals surface area contributed by atoms with Crippen LogP contribution < -0.4 is 0 Å². The lowest BCUT2D eigenvalue weighted by molar-refractivity contribution is -0.137. The van der Waals surface area contributed by atoms with Gasteiger partial charge < -0.3 is 9.13 Å². The molecule has 0 bridgehead atoms. The van der Waals surface area contributed by atoms with Crippen molar-refractivity contribution in [2.24, 2.45) is 0 Å². The lowest BCUT2D eigenvalue weighted by Crippen LogP contribution is -2.11. The Morgan fingerprint density at radius 1 is 0.481 bits per heavy atom. The van der Waals surface area contributed by atoms with Gasteiger partial charge in [-0.3, -0.25) is 0 Å². The summed E-state index contributed by atoms with van der Waals surface area (Å²) in [6, 6.07) is 47.5. The number of aromatic nitrogens is 3. The number of nitriles is 2. The molecule has 0 amide bonds. The first kappa shape index (κ1) is 30.9. The normalized spacial score (nSPS) is 11.7. The van der Waals surface area contributed by atoms with Crippen LogP contribution in [0.2, 0.25) is 0 Å². The van der Waals surface area contributed by atoms with E-state index in [9.17, 15) is 10.5 Å². The number of rotatable bonds is 4. The monoisotopic (exact) mass is 679 g/mol. The summed E-state index contributed by atoms with van der Waals surface area (Å²) in [6.07, 6.45) is -4.71. The molecule has 9 rings (SSSR count). The van der Waals surface area contributed by atoms with Crippen molar-refractivity contribution in [3.05, 3.63) is 162 Å². The topological polar surface area (TPSA) is 70.3 Å². The highest BCUT2D eigenvalue weighted by atomic mass is 19.4. The zero-order valence-corrected chi connectivity index (χ0v) is 27.2. The van der Waals surface area contributed by atoms with Gasteiger partial charge in [0.1, 0.15) is 0 Å². The van der Waals surface area contributed by atoms with Gasteiger partial charge in [-0.25, -0.2) is 4.98 Å². The summed E-state index contributed by atoms with van der Waals surface area (Å²) < 4.78 is 49.3. The number of alkyl halides is 3. The maximum Gasteiger partial charge on any atom is 0.416 e. The SMILES string of the molecule is N#Cc1ccc2c(c1)c1ccccc1n2-c1cc(C(F)(F)F)cc(-n2c3ccccc3c3cc(C#N)ccc32)c1-c1cccc(-c2ccccc2)n1. The molecule has 0 saturated carbocycles. The lowest BCUT2D eigenvalue weighted by atomic mass is 10.00. The van der Waals surface area contributed by atoms with Crippen molar-refractivity contribution < 1.29 is 13.2 Å². The highest BCUT2D eigenvalue weighted by Gasteiger charge is 2.34. The van der Waals surface area contributed by atoms with Crippen LogP contribution in [0.5, 0.6) is 0 Å². The van der Waals surface area contributed by atoms with E-state index in [2.05, 4.69) is 12.1 Å². The average molecular weight is 680 g/mol. The van der Waals surface area contributed by atoms with Gasteiger partial charge in [-0.1, -0.05) is 72.8 Å². The van der Waals surface area contributed by atoms with Crippen LogP contribution in [-0.2, 0) is 6.18 Å². The number of para-hydroxylation sites is 2. The van der Waals surface area contributed by atoms with E-state index in [1.54, 1.807) is 36.4 Å². The van der Waals surface area contributed by atoms with E-state index in [-0.39, 0.29) is 11.4 Å². The van der Waals surface area contributed by atoms with E-state index in [0.717, 1.165) is 27.1 Å². The van der Waals surface area contributed by atoms with Crippen LogP contribution in [0.25, 0.3) is 77.5 Å². The maximum absolute atomic E-state index is 15.2. The second-order valence-electron chi connectivity index (χ2n) is 12.6. The van der Waals surface area contributed by atoms with Crippen molar-refractivity contribution in [1.29, 1.82) is 10.5 Å². The van der Waals surface area contributed by atoms with Gasteiger partial charge in [0.2, 0.25) is 0 Å².